The third-order valence-corrected chi connectivity index (χ3v) is 4.72. The number of hydrogen-bond donors (Lipinski definition) is 1. The van der Waals surface area contributed by atoms with Crippen LogP contribution in [0.3, 0.4) is 0 Å². The summed E-state index contributed by atoms with van der Waals surface area (Å²) in [5.74, 6) is 0.964. The summed E-state index contributed by atoms with van der Waals surface area (Å²) in [5, 5.41) is 12.9. The first-order valence-corrected chi connectivity index (χ1v) is 9.44. The number of hydrogen-bond acceptors (Lipinski definition) is 4. The fourth-order valence-electron chi connectivity index (χ4n) is 2.56. The lowest BCUT2D eigenvalue weighted by atomic mass is 10.2. The summed E-state index contributed by atoms with van der Waals surface area (Å²) < 4.78 is 5.82. The molecule has 5 nitrogen and oxygen atoms in total. The van der Waals surface area contributed by atoms with Gasteiger partial charge in [0.15, 0.2) is 5.11 Å². The van der Waals surface area contributed by atoms with Crippen LogP contribution in [0, 0.1) is 6.92 Å². The number of para-hydroxylation sites is 1. The van der Waals surface area contributed by atoms with Crippen LogP contribution < -0.4 is 5.32 Å². The highest BCUT2D eigenvalue weighted by Crippen LogP contribution is 2.21. The molecule has 1 heterocycles. The molecule has 27 heavy (non-hydrogen) atoms. The molecule has 0 atom stereocenters. The van der Waals surface area contributed by atoms with Crippen LogP contribution in [-0.4, -0.2) is 26.3 Å². The van der Waals surface area contributed by atoms with E-state index in [9.17, 15) is 0 Å². The standard InChI is InChI=1S/C20H21ClN4OS/c1-13(2)25(20(27)22-17-7-5-4-6-14(17)3)12-18-23-24-19(26-18)15-8-10-16(21)11-9-15/h4-11,13H,12H2,1-3H3,(H,22,27). The highest BCUT2D eigenvalue weighted by Gasteiger charge is 2.18. The Morgan fingerprint density at radius 1 is 1.15 bits per heavy atom. The predicted molar refractivity (Wildman–Crippen MR) is 113 cm³/mol. The third-order valence-electron chi connectivity index (χ3n) is 4.13. The van der Waals surface area contributed by atoms with Gasteiger partial charge in [0, 0.05) is 22.3 Å². The van der Waals surface area contributed by atoms with Crippen LogP contribution in [0.4, 0.5) is 5.69 Å². The minimum absolute atomic E-state index is 0.167. The molecule has 0 unspecified atom stereocenters. The zero-order valence-corrected chi connectivity index (χ0v) is 17.0. The number of aryl methyl sites for hydroxylation is 1. The van der Waals surface area contributed by atoms with Crippen molar-refractivity contribution >= 4 is 34.6 Å². The molecule has 0 spiro atoms. The molecular formula is C20H21ClN4OS. The first-order valence-electron chi connectivity index (χ1n) is 8.65. The molecule has 1 N–H and O–H groups in total. The Bertz CT molecular complexity index is 924. The summed E-state index contributed by atoms with van der Waals surface area (Å²) in [5.41, 5.74) is 2.95. The van der Waals surface area contributed by atoms with E-state index in [1.807, 2.05) is 48.2 Å². The van der Waals surface area contributed by atoms with Crippen molar-refractivity contribution in [3.63, 3.8) is 0 Å². The van der Waals surface area contributed by atoms with Crippen LogP contribution in [0.25, 0.3) is 11.5 Å². The molecule has 3 aromatic rings. The quantitative estimate of drug-likeness (QED) is 0.586. The number of nitrogens with one attached hydrogen (secondary N) is 1. The molecule has 140 valence electrons. The van der Waals surface area contributed by atoms with E-state index in [-0.39, 0.29) is 6.04 Å². The Kier molecular flexibility index (Phi) is 6.08. The van der Waals surface area contributed by atoms with Crippen LogP contribution in [0.5, 0.6) is 0 Å². The van der Waals surface area contributed by atoms with Gasteiger partial charge in [-0.05, 0) is 68.9 Å². The van der Waals surface area contributed by atoms with Gasteiger partial charge in [0.2, 0.25) is 11.8 Å². The van der Waals surface area contributed by atoms with Gasteiger partial charge in [0.25, 0.3) is 0 Å². The number of halogens is 1. The Morgan fingerprint density at radius 3 is 2.52 bits per heavy atom. The molecule has 7 heteroatoms. The number of anilines is 1. The van der Waals surface area contributed by atoms with E-state index < -0.39 is 0 Å². The monoisotopic (exact) mass is 400 g/mol. The van der Waals surface area contributed by atoms with Crippen LogP contribution in [0.1, 0.15) is 25.3 Å². The lowest BCUT2D eigenvalue weighted by molar-refractivity contribution is 0.309. The van der Waals surface area contributed by atoms with Crippen molar-refractivity contribution in [2.45, 2.75) is 33.4 Å². The zero-order chi connectivity index (χ0) is 19.4. The maximum absolute atomic E-state index is 5.93. The molecule has 0 fully saturated rings. The van der Waals surface area contributed by atoms with Crippen molar-refractivity contribution in [2.24, 2.45) is 0 Å². The second-order valence-corrected chi connectivity index (χ2v) is 7.30. The van der Waals surface area contributed by atoms with Crippen LogP contribution >= 0.6 is 23.8 Å². The molecular weight excluding hydrogens is 380 g/mol. The summed E-state index contributed by atoms with van der Waals surface area (Å²) in [7, 11) is 0. The topological polar surface area (TPSA) is 54.2 Å². The molecule has 0 aliphatic carbocycles. The van der Waals surface area contributed by atoms with Crippen molar-refractivity contribution < 1.29 is 4.42 Å². The van der Waals surface area contributed by atoms with Gasteiger partial charge in [0.1, 0.15) is 0 Å². The molecule has 0 saturated carbocycles. The average molecular weight is 401 g/mol. The maximum Gasteiger partial charge on any atom is 0.247 e. The van der Waals surface area contributed by atoms with E-state index in [1.165, 1.54) is 0 Å². The van der Waals surface area contributed by atoms with Gasteiger partial charge < -0.3 is 14.6 Å². The third kappa shape index (κ3) is 4.84. The van der Waals surface area contributed by atoms with Crippen LogP contribution in [-0.2, 0) is 6.54 Å². The molecule has 3 rings (SSSR count). The number of aromatic nitrogens is 2. The summed E-state index contributed by atoms with van der Waals surface area (Å²) >= 11 is 11.5. The lowest BCUT2D eigenvalue weighted by Crippen LogP contribution is -2.39. The number of rotatable bonds is 5. The van der Waals surface area contributed by atoms with E-state index in [4.69, 9.17) is 28.2 Å². The van der Waals surface area contributed by atoms with Crippen molar-refractivity contribution in [3.8, 4) is 11.5 Å². The Labute approximate surface area is 169 Å². The van der Waals surface area contributed by atoms with Gasteiger partial charge in [-0.1, -0.05) is 29.8 Å². The largest absolute Gasteiger partial charge is 0.419 e. The number of nitrogens with zero attached hydrogens (tertiary/aromatic N) is 3. The second-order valence-electron chi connectivity index (χ2n) is 6.47. The Hall–Kier alpha value is -2.44. The highest BCUT2D eigenvalue weighted by atomic mass is 35.5. The zero-order valence-electron chi connectivity index (χ0n) is 15.4. The van der Waals surface area contributed by atoms with Crippen molar-refractivity contribution in [1.29, 1.82) is 0 Å². The normalized spacial score (nSPS) is 10.9. The van der Waals surface area contributed by atoms with Crippen molar-refractivity contribution in [1.82, 2.24) is 15.1 Å². The minimum atomic E-state index is 0.167. The van der Waals surface area contributed by atoms with E-state index >= 15 is 0 Å². The average Bonchev–Trinajstić information content (AvgIpc) is 3.10. The molecule has 0 radical (unpaired) electrons. The van der Waals surface area contributed by atoms with Gasteiger partial charge in [-0.3, -0.25) is 0 Å². The molecule has 0 bridgehead atoms. The first kappa shape index (κ1) is 19.3. The lowest BCUT2D eigenvalue weighted by Gasteiger charge is -2.28. The van der Waals surface area contributed by atoms with Crippen molar-refractivity contribution in [2.75, 3.05) is 5.32 Å². The van der Waals surface area contributed by atoms with Gasteiger partial charge in [-0.2, -0.15) is 0 Å². The first-order chi connectivity index (χ1) is 12.9. The summed E-state index contributed by atoms with van der Waals surface area (Å²) in [6, 6.07) is 15.5. The van der Waals surface area contributed by atoms with Crippen molar-refractivity contribution in [3.05, 3.63) is 65.0 Å². The van der Waals surface area contributed by atoms with Crippen LogP contribution in [0.2, 0.25) is 5.02 Å². The Balaban J connectivity index is 1.74. The molecule has 0 amide bonds. The van der Waals surface area contributed by atoms with E-state index in [1.54, 1.807) is 12.1 Å². The van der Waals surface area contributed by atoms with E-state index in [0.29, 0.717) is 28.5 Å². The van der Waals surface area contributed by atoms with Gasteiger partial charge >= 0.3 is 0 Å². The van der Waals surface area contributed by atoms with Gasteiger partial charge in [-0.25, -0.2) is 0 Å². The fraction of sp³-hybridized carbons (Fsp3) is 0.250. The number of benzene rings is 2. The molecule has 2 aromatic carbocycles. The Morgan fingerprint density at radius 2 is 1.85 bits per heavy atom. The number of thiocarbonyl (C=S) groups is 1. The van der Waals surface area contributed by atoms with Gasteiger partial charge in [-0.15, -0.1) is 10.2 Å². The smallest absolute Gasteiger partial charge is 0.247 e. The van der Waals surface area contributed by atoms with E-state index in [2.05, 4.69) is 29.4 Å². The molecule has 0 aliphatic rings. The second kappa shape index (κ2) is 8.50. The minimum Gasteiger partial charge on any atom is -0.419 e. The SMILES string of the molecule is Cc1ccccc1NC(=S)N(Cc1nnc(-c2ccc(Cl)cc2)o1)C(C)C. The van der Waals surface area contributed by atoms with E-state index in [0.717, 1.165) is 16.8 Å². The summed E-state index contributed by atoms with van der Waals surface area (Å²) in [4.78, 5) is 2.01. The fourth-order valence-corrected chi connectivity index (χ4v) is 3.07. The van der Waals surface area contributed by atoms with Crippen LogP contribution in [0.15, 0.2) is 52.9 Å². The predicted octanol–water partition coefficient (Wildman–Crippen LogP) is 5.31. The van der Waals surface area contributed by atoms with Gasteiger partial charge in [0.05, 0.1) is 6.54 Å². The summed E-state index contributed by atoms with van der Waals surface area (Å²) in [6.45, 7) is 6.61. The summed E-state index contributed by atoms with van der Waals surface area (Å²) in [6.07, 6.45) is 0. The molecule has 0 saturated heterocycles. The molecule has 0 aliphatic heterocycles. The highest BCUT2D eigenvalue weighted by molar-refractivity contribution is 7.80. The maximum atomic E-state index is 5.93. The molecule has 1 aromatic heterocycles.